The first-order chi connectivity index (χ1) is 7.65. The van der Waals surface area contributed by atoms with Crippen LogP contribution in [0.5, 0.6) is 5.75 Å². The molecule has 0 aromatic heterocycles. The van der Waals surface area contributed by atoms with E-state index in [1.54, 1.807) is 0 Å². The molecule has 1 unspecified atom stereocenters. The Morgan fingerprint density at radius 1 is 1.50 bits per heavy atom. The van der Waals surface area contributed by atoms with Crippen molar-refractivity contribution >= 4 is 11.6 Å². The molecule has 1 aromatic rings. The van der Waals surface area contributed by atoms with Gasteiger partial charge in [0.25, 0.3) is 0 Å². The van der Waals surface area contributed by atoms with Crippen molar-refractivity contribution in [3.05, 3.63) is 40.9 Å². The second kappa shape index (κ2) is 6.56. The van der Waals surface area contributed by atoms with Gasteiger partial charge < -0.3 is 10.5 Å². The first kappa shape index (κ1) is 13.1. The molecular weight excluding hydrogens is 222 g/mol. The Morgan fingerprint density at radius 2 is 2.25 bits per heavy atom. The van der Waals surface area contributed by atoms with Crippen LogP contribution in [0.4, 0.5) is 0 Å². The van der Waals surface area contributed by atoms with Crippen LogP contribution in [0.3, 0.4) is 0 Å². The summed E-state index contributed by atoms with van der Waals surface area (Å²) >= 11 is 6.13. The van der Waals surface area contributed by atoms with Crippen LogP contribution in [0, 0.1) is 0 Å². The Hall–Kier alpha value is -0.990. The predicted octanol–water partition coefficient (Wildman–Crippen LogP) is 3.18. The summed E-state index contributed by atoms with van der Waals surface area (Å²) in [5.74, 6) is 0.822. The zero-order valence-electron chi connectivity index (χ0n) is 9.74. The van der Waals surface area contributed by atoms with Crippen LogP contribution in [0.1, 0.15) is 19.4 Å². The quantitative estimate of drug-likeness (QED) is 0.801. The minimum absolute atomic E-state index is 0.0731. The second-order valence-electron chi connectivity index (χ2n) is 3.78. The molecule has 0 aliphatic rings. The lowest BCUT2D eigenvalue weighted by atomic mass is 10.1. The molecule has 2 nitrogen and oxygen atoms in total. The standard InChI is InChI=1S/C13H18ClNO/c1-3-4-8-16-13-7-5-6-12(14)11(13)9-10(2)15/h3-7,10H,8-9,15H2,1-2H3/b4-3+. The van der Waals surface area contributed by atoms with Gasteiger partial charge in [0.1, 0.15) is 12.4 Å². The van der Waals surface area contributed by atoms with E-state index in [0.29, 0.717) is 6.61 Å². The van der Waals surface area contributed by atoms with E-state index in [1.165, 1.54) is 0 Å². The Morgan fingerprint density at radius 3 is 2.88 bits per heavy atom. The molecule has 0 amide bonds. The Labute approximate surface area is 102 Å². The molecule has 1 aromatic carbocycles. The summed E-state index contributed by atoms with van der Waals surface area (Å²) in [6.45, 7) is 4.48. The van der Waals surface area contributed by atoms with Gasteiger partial charge in [0, 0.05) is 16.6 Å². The Kier molecular flexibility index (Phi) is 5.36. The fourth-order valence-corrected chi connectivity index (χ4v) is 1.67. The molecular formula is C13H18ClNO. The molecule has 16 heavy (non-hydrogen) atoms. The lowest BCUT2D eigenvalue weighted by molar-refractivity contribution is 0.358. The summed E-state index contributed by atoms with van der Waals surface area (Å²) < 4.78 is 5.63. The highest BCUT2D eigenvalue weighted by atomic mass is 35.5. The van der Waals surface area contributed by atoms with Gasteiger partial charge >= 0.3 is 0 Å². The number of hydrogen-bond acceptors (Lipinski definition) is 2. The lowest BCUT2D eigenvalue weighted by Crippen LogP contribution is -2.18. The van der Waals surface area contributed by atoms with Gasteiger partial charge in [-0.05, 0) is 32.4 Å². The summed E-state index contributed by atoms with van der Waals surface area (Å²) in [6, 6.07) is 5.75. The van der Waals surface area contributed by atoms with Gasteiger partial charge in [-0.25, -0.2) is 0 Å². The number of nitrogens with two attached hydrogens (primary N) is 1. The van der Waals surface area contributed by atoms with Crippen molar-refractivity contribution in [2.24, 2.45) is 5.73 Å². The van der Waals surface area contributed by atoms with Crippen LogP contribution in [0.15, 0.2) is 30.4 Å². The molecule has 0 radical (unpaired) electrons. The third-order valence-electron chi connectivity index (χ3n) is 2.17. The number of benzene rings is 1. The van der Waals surface area contributed by atoms with Crippen LogP contribution in [-0.4, -0.2) is 12.6 Å². The fraction of sp³-hybridized carbons (Fsp3) is 0.385. The van der Waals surface area contributed by atoms with Crippen LogP contribution in [-0.2, 0) is 6.42 Å². The van der Waals surface area contributed by atoms with Crippen molar-refractivity contribution in [1.29, 1.82) is 0 Å². The smallest absolute Gasteiger partial charge is 0.124 e. The molecule has 0 aliphatic heterocycles. The van der Waals surface area contributed by atoms with Crippen molar-refractivity contribution in [3.8, 4) is 5.75 Å². The highest BCUT2D eigenvalue weighted by Crippen LogP contribution is 2.27. The maximum Gasteiger partial charge on any atom is 0.124 e. The molecule has 0 spiro atoms. The second-order valence-corrected chi connectivity index (χ2v) is 4.19. The third kappa shape index (κ3) is 3.87. The number of ether oxygens (including phenoxy) is 1. The summed E-state index contributed by atoms with van der Waals surface area (Å²) in [6.07, 6.45) is 4.64. The van der Waals surface area contributed by atoms with Crippen molar-refractivity contribution in [2.75, 3.05) is 6.61 Å². The SMILES string of the molecule is C/C=C/COc1cccc(Cl)c1CC(C)N. The van der Waals surface area contributed by atoms with Gasteiger partial charge in [-0.15, -0.1) is 0 Å². The van der Waals surface area contributed by atoms with E-state index in [2.05, 4.69) is 0 Å². The number of rotatable bonds is 5. The van der Waals surface area contributed by atoms with E-state index in [4.69, 9.17) is 22.1 Å². The summed E-state index contributed by atoms with van der Waals surface area (Å²) in [5.41, 5.74) is 6.78. The molecule has 1 rings (SSSR count). The van der Waals surface area contributed by atoms with E-state index in [1.807, 2.05) is 44.2 Å². The summed E-state index contributed by atoms with van der Waals surface area (Å²) in [4.78, 5) is 0. The van der Waals surface area contributed by atoms with Crippen molar-refractivity contribution < 1.29 is 4.74 Å². The molecule has 0 fully saturated rings. The van der Waals surface area contributed by atoms with Gasteiger partial charge in [0.15, 0.2) is 0 Å². The zero-order chi connectivity index (χ0) is 12.0. The fourth-order valence-electron chi connectivity index (χ4n) is 1.43. The first-order valence-electron chi connectivity index (χ1n) is 5.42. The van der Waals surface area contributed by atoms with Gasteiger partial charge in [-0.1, -0.05) is 29.8 Å². The first-order valence-corrected chi connectivity index (χ1v) is 5.80. The van der Waals surface area contributed by atoms with E-state index < -0.39 is 0 Å². The largest absolute Gasteiger partial charge is 0.489 e. The van der Waals surface area contributed by atoms with E-state index in [0.717, 1.165) is 22.8 Å². The maximum atomic E-state index is 6.13. The molecule has 88 valence electrons. The van der Waals surface area contributed by atoms with Crippen LogP contribution in [0.2, 0.25) is 5.02 Å². The van der Waals surface area contributed by atoms with Crippen LogP contribution in [0.25, 0.3) is 0 Å². The number of allylic oxidation sites excluding steroid dienone is 1. The maximum absolute atomic E-state index is 6.13. The van der Waals surface area contributed by atoms with Crippen molar-refractivity contribution in [3.63, 3.8) is 0 Å². The lowest BCUT2D eigenvalue weighted by Gasteiger charge is -2.13. The van der Waals surface area contributed by atoms with E-state index >= 15 is 0 Å². The Balaban J connectivity index is 2.84. The Bertz CT molecular complexity index is 361. The molecule has 0 bridgehead atoms. The zero-order valence-corrected chi connectivity index (χ0v) is 10.5. The summed E-state index contributed by atoms with van der Waals surface area (Å²) in [5, 5.41) is 0.718. The van der Waals surface area contributed by atoms with Gasteiger partial charge in [-0.3, -0.25) is 0 Å². The molecule has 0 heterocycles. The summed E-state index contributed by atoms with van der Waals surface area (Å²) in [7, 11) is 0. The van der Waals surface area contributed by atoms with Crippen LogP contribution < -0.4 is 10.5 Å². The minimum Gasteiger partial charge on any atom is -0.489 e. The van der Waals surface area contributed by atoms with Crippen molar-refractivity contribution in [2.45, 2.75) is 26.3 Å². The number of hydrogen-bond donors (Lipinski definition) is 1. The molecule has 2 N–H and O–H groups in total. The topological polar surface area (TPSA) is 35.2 Å². The average molecular weight is 240 g/mol. The van der Waals surface area contributed by atoms with E-state index in [-0.39, 0.29) is 6.04 Å². The molecule has 0 saturated heterocycles. The molecule has 3 heteroatoms. The highest BCUT2D eigenvalue weighted by molar-refractivity contribution is 6.31. The highest BCUT2D eigenvalue weighted by Gasteiger charge is 2.09. The molecule has 0 aliphatic carbocycles. The monoisotopic (exact) mass is 239 g/mol. The molecule has 1 atom stereocenters. The predicted molar refractivity (Wildman–Crippen MR) is 69.1 cm³/mol. The van der Waals surface area contributed by atoms with Gasteiger partial charge in [0.2, 0.25) is 0 Å². The van der Waals surface area contributed by atoms with Gasteiger partial charge in [-0.2, -0.15) is 0 Å². The average Bonchev–Trinajstić information content (AvgIpc) is 2.23. The van der Waals surface area contributed by atoms with Crippen molar-refractivity contribution in [1.82, 2.24) is 0 Å². The number of halogens is 1. The van der Waals surface area contributed by atoms with Gasteiger partial charge in [0.05, 0.1) is 0 Å². The third-order valence-corrected chi connectivity index (χ3v) is 2.53. The normalized spacial score (nSPS) is 13.0. The molecule has 0 saturated carbocycles. The van der Waals surface area contributed by atoms with Crippen LogP contribution >= 0.6 is 11.6 Å². The van der Waals surface area contributed by atoms with E-state index in [9.17, 15) is 0 Å². The minimum atomic E-state index is 0.0731.